The van der Waals surface area contributed by atoms with Crippen LogP contribution in [0, 0.1) is 10.1 Å². The number of nitrogens with two attached hydrogens (primary N) is 1. The van der Waals surface area contributed by atoms with Gasteiger partial charge in [-0.25, -0.2) is 0 Å². The largest absolute Gasteiger partial charge is 0.323 e. The Labute approximate surface area is 75.7 Å². The smallest absolute Gasteiger partial charge is 0.272 e. The molecular formula is C8H11N3O2. The summed E-state index contributed by atoms with van der Waals surface area (Å²) >= 11 is 0. The van der Waals surface area contributed by atoms with Gasteiger partial charge in [0.25, 0.3) is 5.69 Å². The predicted molar refractivity (Wildman–Crippen MR) is 48.1 cm³/mol. The van der Waals surface area contributed by atoms with Crippen LogP contribution in [0.5, 0.6) is 0 Å². The van der Waals surface area contributed by atoms with Crippen LogP contribution in [0.25, 0.3) is 0 Å². The second-order valence-corrected chi connectivity index (χ2v) is 2.71. The molecule has 1 atom stereocenters. The third-order valence-corrected chi connectivity index (χ3v) is 1.80. The van der Waals surface area contributed by atoms with E-state index in [9.17, 15) is 10.1 Å². The molecule has 13 heavy (non-hydrogen) atoms. The van der Waals surface area contributed by atoms with E-state index in [2.05, 4.69) is 4.98 Å². The van der Waals surface area contributed by atoms with Crippen molar-refractivity contribution in [3.05, 3.63) is 34.1 Å². The molecule has 1 rings (SSSR count). The summed E-state index contributed by atoms with van der Waals surface area (Å²) in [4.78, 5) is 13.9. The van der Waals surface area contributed by atoms with Crippen molar-refractivity contribution in [2.45, 2.75) is 19.4 Å². The average molecular weight is 181 g/mol. The van der Waals surface area contributed by atoms with Crippen molar-refractivity contribution in [3.8, 4) is 0 Å². The van der Waals surface area contributed by atoms with Crippen LogP contribution >= 0.6 is 0 Å². The van der Waals surface area contributed by atoms with Crippen LogP contribution in [0.15, 0.2) is 18.3 Å². The molecule has 0 radical (unpaired) electrons. The van der Waals surface area contributed by atoms with E-state index in [4.69, 9.17) is 5.73 Å². The molecule has 70 valence electrons. The van der Waals surface area contributed by atoms with Crippen molar-refractivity contribution in [1.29, 1.82) is 0 Å². The first-order chi connectivity index (χ1) is 6.15. The number of pyridine rings is 1. The van der Waals surface area contributed by atoms with Gasteiger partial charge in [0.2, 0.25) is 0 Å². The van der Waals surface area contributed by atoms with E-state index >= 15 is 0 Å². The summed E-state index contributed by atoms with van der Waals surface area (Å²) in [6.07, 6.45) is 2.12. The van der Waals surface area contributed by atoms with Crippen LogP contribution in [0.1, 0.15) is 25.1 Å². The van der Waals surface area contributed by atoms with Crippen LogP contribution in [-0.2, 0) is 0 Å². The Morgan fingerprint density at radius 2 is 2.46 bits per heavy atom. The van der Waals surface area contributed by atoms with Crippen molar-refractivity contribution in [1.82, 2.24) is 4.98 Å². The molecule has 2 N–H and O–H groups in total. The van der Waals surface area contributed by atoms with Gasteiger partial charge in [-0.15, -0.1) is 0 Å². The lowest BCUT2D eigenvalue weighted by Gasteiger charge is -2.06. The van der Waals surface area contributed by atoms with Crippen molar-refractivity contribution in [2.75, 3.05) is 0 Å². The quantitative estimate of drug-likeness (QED) is 0.564. The number of nitro groups is 1. The Balaban J connectivity index is 2.98. The van der Waals surface area contributed by atoms with Gasteiger partial charge in [-0.05, 0) is 6.42 Å². The Kier molecular flexibility index (Phi) is 2.92. The lowest BCUT2D eigenvalue weighted by Crippen LogP contribution is -2.10. The number of nitrogens with zero attached hydrogens (tertiary/aromatic N) is 2. The SMILES string of the molecule is CCC(N)c1cc([N+](=O)[O-])ccn1. The first-order valence-corrected chi connectivity index (χ1v) is 4.01. The maximum Gasteiger partial charge on any atom is 0.272 e. The monoisotopic (exact) mass is 181 g/mol. The summed E-state index contributed by atoms with van der Waals surface area (Å²) in [5, 5.41) is 10.4. The van der Waals surface area contributed by atoms with Gasteiger partial charge >= 0.3 is 0 Å². The van der Waals surface area contributed by atoms with Crippen LogP contribution in [0.2, 0.25) is 0 Å². The van der Waals surface area contributed by atoms with Gasteiger partial charge < -0.3 is 5.73 Å². The summed E-state index contributed by atoms with van der Waals surface area (Å²) in [6.45, 7) is 1.91. The summed E-state index contributed by atoms with van der Waals surface area (Å²) < 4.78 is 0. The highest BCUT2D eigenvalue weighted by Gasteiger charge is 2.10. The second kappa shape index (κ2) is 3.95. The van der Waals surface area contributed by atoms with Crippen molar-refractivity contribution < 1.29 is 4.92 Å². The molecule has 0 aliphatic heterocycles. The minimum atomic E-state index is -0.451. The van der Waals surface area contributed by atoms with E-state index in [1.54, 1.807) is 0 Å². The van der Waals surface area contributed by atoms with Gasteiger partial charge in [0.1, 0.15) is 0 Å². The van der Waals surface area contributed by atoms with E-state index in [1.165, 1.54) is 18.3 Å². The summed E-state index contributed by atoms with van der Waals surface area (Å²) in [6, 6.07) is 2.54. The normalized spacial score (nSPS) is 12.5. The Morgan fingerprint density at radius 1 is 1.77 bits per heavy atom. The van der Waals surface area contributed by atoms with E-state index < -0.39 is 4.92 Å². The van der Waals surface area contributed by atoms with Gasteiger partial charge in [-0.2, -0.15) is 0 Å². The van der Waals surface area contributed by atoms with Gasteiger partial charge in [0, 0.05) is 24.4 Å². The highest BCUT2D eigenvalue weighted by atomic mass is 16.6. The van der Waals surface area contributed by atoms with E-state index in [-0.39, 0.29) is 11.7 Å². The molecule has 1 aromatic rings. The minimum absolute atomic E-state index is 0.0360. The fourth-order valence-electron chi connectivity index (χ4n) is 0.962. The molecule has 0 bridgehead atoms. The predicted octanol–water partition coefficient (Wildman–Crippen LogP) is 1.40. The average Bonchev–Trinajstić information content (AvgIpc) is 2.17. The Morgan fingerprint density at radius 3 is 3.00 bits per heavy atom. The number of aromatic nitrogens is 1. The zero-order chi connectivity index (χ0) is 9.84. The molecule has 5 nitrogen and oxygen atoms in total. The van der Waals surface area contributed by atoms with Crippen LogP contribution < -0.4 is 5.73 Å². The Bertz CT molecular complexity index is 314. The summed E-state index contributed by atoms with van der Waals surface area (Å²) in [5.74, 6) is 0. The molecule has 0 fully saturated rings. The van der Waals surface area contributed by atoms with Crippen molar-refractivity contribution >= 4 is 5.69 Å². The molecular weight excluding hydrogens is 170 g/mol. The third kappa shape index (κ3) is 2.22. The molecule has 1 aromatic heterocycles. The van der Waals surface area contributed by atoms with E-state index in [0.29, 0.717) is 12.1 Å². The van der Waals surface area contributed by atoms with Gasteiger partial charge in [-0.1, -0.05) is 6.92 Å². The maximum absolute atomic E-state index is 10.4. The molecule has 0 saturated carbocycles. The molecule has 0 amide bonds. The van der Waals surface area contributed by atoms with E-state index in [1.807, 2.05) is 6.92 Å². The lowest BCUT2D eigenvalue weighted by atomic mass is 10.1. The third-order valence-electron chi connectivity index (χ3n) is 1.80. The fraction of sp³-hybridized carbons (Fsp3) is 0.375. The van der Waals surface area contributed by atoms with Crippen LogP contribution in [0.3, 0.4) is 0 Å². The molecule has 0 spiro atoms. The first kappa shape index (κ1) is 9.60. The van der Waals surface area contributed by atoms with Gasteiger partial charge in [-0.3, -0.25) is 15.1 Å². The molecule has 1 heterocycles. The fourth-order valence-corrected chi connectivity index (χ4v) is 0.962. The number of hydrogen-bond donors (Lipinski definition) is 1. The van der Waals surface area contributed by atoms with E-state index in [0.717, 1.165) is 0 Å². The highest BCUT2D eigenvalue weighted by molar-refractivity contribution is 5.30. The minimum Gasteiger partial charge on any atom is -0.323 e. The lowest BCUT2D eigenvalue weighted by molar-refractivity contribution is -0.385. The summed E-state index contributed by atoms with van der Waals surface area (Å²) in [7, 11) is 0. The molecule has 5 heteroatoms. The zero-order valence-electron chi connectivity index (χ0n) is 7.30. The Hall–Kier alpha value is -1.49. The van der Waals surface area contributed by atoms with Gasteiger partial charge in [0.05, 0.1) is 10.6 Å². The maximum atomic E-state index is 10.4. The summed E-state index contributed by atoms with van der Waals surface area (Å²) in [5.41, 5.74) is 6.28. The number of hydrogen-bond acceptors (Lipinski definition) is 4. The standard InChI is InChI=1S/C8H11N3O2/c1-2-7(9)8-5-6(11(12)13)3-4-10-8/h3-5,7H,2,9H2,1H3. The molecule has 1 unspecified atom stereocenters. The second-order valence-electron chi connectivity index (χ2n) is 2.71. The molecule has 0 aromatic carbocycles. The first-order valence-electron chi connectivity index (χ1n) is 4.01. The molecule has 0 saturated heterocycles. The zero-order valence-corrected chi connectivity index (χ0v) is 7.30. The van der Waals surface area contributed by atoms with Crippen molar-refractivity contribution in [2.24, 2.45) is 5.73 Å². The van der Waals surface area contributed by atoms with Crippen LogP contribution in [-0.4, -0.2) is 9.91 Å². The highest BCUT2D eigenvalue weighted by Crippen LogP contribution is 2.16. The molecule has 0 aliphatic carbocycles. The van der Waals surface area contributed by atoms with Crippen molar-refractivity contribution in [3.63, 3.8) is 0 Å². The van der Waals surface area contributed by atoms with Gasteiger partial charge in [0.15, 0.2) is 0 Å². The van der Waals surface area contributed by atoms with Crippen LogP contribution in [0.4, 0.5) is 5.69 Å². The topological polar surface area (TPSA) is 82.0 Å². The molecule has 0 aliphatic rings. The number of rotatable bonds is 3.